The van der Waals surface area contributed by atoms with Gasteiger partial charge in [-0.3, -0.25) is 9.59 Å². The van der Waals surface area contributed by atoms with Crippen molar-refractivity contribution in [2.24, 2.45) is 0 Å². The monoisotopic (exact) mass is 464 g/mol. The van der Waals surface area contributed by atoms with Crippen LogP contribution in [-0.4, -0.2) is 11.8 Å². The maximum Gasteiger partial charge on any atom is 0.282 e. The molecule has 31 heavy (non-hydrogen) atoms. The van der Waals surface area contributed by atoms with Crippen LogP contribution in [0.15, 0.2) is 83.9 Å². The van der Waals surface area contributed by atoms with Gasteiger partial charge >= 0.3 is 0 Å². The first-order valence-corrected chi connectivity index (χ1v) is 11.1. The van der Waals surface area contributed by atoms with Crippen molar-refractivity contribution >= 4 is 74.1 Å². The van der Waals surface area contributed by atoms with Gasteiger partial charge in [-0.15, -0.1) is 11.3 Å². The molecule has 2 amide bonds. The Hall–Kier alpha value is -3.12. The lowest BCUT2D eigenvalue weighted by molar-refractivity contribution is -0.120. The molecule has 4 nitrogen and oxygen atoms in total. The zero-order valence-electron chi connectivity index (χ0n) is 15.9. The van der Waals surface area contributed by atoms with Crippen LogP contribution in [0.5, 0.6) is 0 Å². The number of anilines is 2. The van der Waals surface area contributed by atoms with Crippen LogP contribution in [0.3, 0.4) is 0 Å². The number of halogens is 2. The van der Waals surface area contributed by atoms with Crippen molar-refractivity contribution in [1.82, 2.24) is 0 Å². The number of rotatable bonds is 4. The Morgan fingerprint density at radius 3 is 2.39 bits per heavy atom. The zero-order chi connectivity index (χ0) is 21.5. The fourth-order valence-corrected chi connectivity index (χ4v) is 4.80. The molecule has 3 aromatic carbocycles. The van der Waals surface area contributed by atoms with Crippen molar-refractivity contribution in [3.63, 3.8) is 0 Å². The third kappa shape index (κ3) is 3.31. The summed E-state index contributed by atoms with van der Waals surface area (Å²) >= 11 is 13.9. The Morgan fingerprint density at radius 2 is 1.58 bits per heavy atom. The highest BCUT2D eigenvalue weighted by Crippen LogP contribution is 2.40. The summed E-state index contributed by atoms with van der Waals surface area (Å²) in [5.74, 6) is -0.926. The van der Waals surface area contributed by atoms with Gasteiger partial charge in [0.1, 0.15) is 5.70 Å². The van der Waals surface area contributed by atoms with E-state index in [0.29, 0.717) is 10.5 Å². The molecule has 1 aliphatic rings. The number of imide groups is 1. The number of amides is 2. The van der Waals surface area contributed by atoms with Gasteiger partial charge in [0.05, 0.1) is 21.3 Å². The highest BCUT2D eigenvalue weighted by Gasteiger charge is 2.41. The van der Waals surface area contributed by atoms with Gasteiger partial charge in [0.25, 0.3) is 11.8 Å². The van der Waals surface area contributed by atoms with Gasteiger partial charge in [0.15, 0.2) is 0 Å². The summed E-state index contributed by atoms with van der Waals surface area (Å²) in [6, 6.07) is 22.2. The zero-order valence-corrected chi connectivity index (χ0v) is 18.3. The van der Waals surface area contributed by atoms with Gasteiger partial charge in [0.2, 0.25) is 0 Å². The van der Waals surface area contributed by atoms with Crippen LogP contribution in [0.2, 0.25) is 10.0 Å². The lowest BCUT2D eigenvalue weighted by Gasteiger charge is -2.17. The summed E-state index contributed by atoms with van der Waals surface area (Å²) in [7, 11) is 0. The molecule has 2 heterocycles. The third-order valence-electron chi connectivity index (χ3n) is 5.07. The molecule has 5 rings (SSSR count). The topological polar surface area (TPSA) is 49.4 Å². The standard InChI is InChI=1S/C24H14Cl2N2O2S/c25-16-9-4-11-18(21(16)26)28-23(29)20(19-12-5-13-31-19)22(24(28)30)27-17-10-3-7-14-6-1-2-8-15(14)17/h1-13,27H. The highest BCUT2D eigenvalue weighted by atomic mass is 35.5. The lowest BCUT2D eigenvalue weighted by atomic mass is 10.1. The van der Waals surface area contributed by atoms with E-state index in [1.54, 1.807) is 18.2 Å². The minimum Gasteiger partial charge on any atom is -0.350 e. The van der Waals surface area contributed by atoms with Gasteiger partial charge in [0, 0.05) is 16.0 Å². The van der Waals surface area contributed by atoms with Crippen molar-refractivity contribution in [2.75, 3.05) is 10.2 Å². The molecule has 1 aromatic heterocycles. The minimum atomic E-state index is -0.481. The second-order valence-electron chi connectivity index (χ2n) is 6.90. The van der Waals surface area contributed by atoms with Gasteiger partial charge < -0.3 is 5.32 Å². The van der Waals surface area contributed by atoms with E-state index in [-0.39, 0.29) is 21.4 Å². The van der Waals surface area contributed by atoms with Crippen molar-refractivity contribution < 1.29 is 9.59 Å². The van der Waals surface area contributed by atoms with Gasteiger partial charge in [-0.25, -0.2) is 4.90 Å². The molecule has 1 N–H and O–H groups in total. The summed E-state index contributed by atoms with van der Waals surface area (Å²) < 4.78 is 0. The molecule has 0 saturated carbocycles. The predicted octanol–water partition coefficient (Wildman–Crippen LogP) is 6.60. The van der Waals surface area contributed by atoms with E-state index in [2.05, 4.69) is 5.32 Å². The van der Waals surface area contributed by atoms with Crippen LogP contribution in [-0.2, 0) is 9.59 Å². The van der Waals surface area contributed by atoms with Crippen LogP contribution >= 0.6 is 34.5 Å². The maximum absolute atomic E-state index is 13.5. The average Bonchev–Trinajstić information content (AvgIpc) is 3.38. The van der Waals surface area contributed by atoms with Crippen LogP contribution < -0.4 is 10.2 Å². The first-order valence-electron chi connectivity index (χ1n) is 9.42. The van der Waals surface area contributed by atoms with Gasteiger partial charge in [-0.05, 0) is 35.0 Å². The number of carbonyl (C=O) groups is 2. The van der Waals surface area contributed by atoms with E-state index < -0.39 is 11.8 Å². The second-order valence-corrected chi connectivity index (χ2v) is 8.63. The normalized spacial score (nSPS) is 14.1. The van der Waals surface area contributed by atoms with E-state index in [4.69, 9.17) is 23.2 Å². The molecular weight excluding hydrogens is 451 g/mol. The lowest BCUT2D eigenvalue weighted by Crippen LogP contribution is -2.32. The molecule has 0 aliphatic carbocycles. The number of hydrogen-bond donors (Lipinski definition) is 1. The van der Waals surface area contributed by atoms with E-state index in [9.17, 15) is 9.59 Å². The van der Waals surface area contributed by atoms with E-state index >= 15 is 0 Å². The molecule has 0 unspecified atom stereocenters. The Labute approximate surface area is 192 Å². The SMILES string of the molecule is O=C1C(Nc2cccc3ccccc23)=C(c2cccs2)C(=O)N1c1cccc(Cl)c1Cl. The highest BCUT2D eigenvalue weighted by molar-refractivity contribution is 7.11. The van der Waals surface area contributed by atoms with Crippen molar-refractivity contribution in [3.8, 4) is 0 Å². The van der Waals surface area contributed by atoms with Gasteiger partial charge in [-0.2, -0.15) is 0 Å². The molecule has 0 radical (unpaired) electrons. The Kier molecular flexibility index (Phi) is 5.02. The van der Waals surface area contributed by atoms with E-state index in [1.165, 1.54) is 11.3 Å². The van der Waals surface area contributed by atoms with Crippen LogP contribution in [0.1, 0.15) is 4.88 Å². The second kappa shape index (κ2) is 7.85. The van der Waals surface area contributed by atoms with Crippen LogP contribution in [0.25, 0.3) is 16.3 Å². The molecule has 0 bridgehead atoms. The largest absolute Gasteiger partial charge is 0.350 e. The molecule has 0 atom stereocenters. The summed E-state index contributed by atoms with van der Waals surface area (Å²) in [5, 5.41) is 7.50. The summed E-state index contributed by atoms with van der Waals surface area (Å²) in [6.45, 7) is 0. The molecule has 0 spiro atoms. The number of nitrogens with one attached hydrogen (secondary N) is 1. The Bertz CT molecular complexity index is 1370. The quantitative estimate of drug-likeness (QED) is 0.345. The number of nitrogens with zero attached hydrogens (tertiary/aromatic N) is 1. The summed E-state index contributed by atoms with van der Waals surface area (Å²) in [6.07, 6.45) is 0. The first-order chi connectivity index (χ1) is 15.1. The summed E-state index contributed by atoms with van der Waals surface area (Å²) in [4.78, 5) is 28.7. The number of hydrogen-bond acceptors (Lipinski definition) is 4. The molecular formula is C24H14Cl2N2O2S. The van der Waals surface area contributed by atoms with E-state index in [1.807, 2.05) is 60.0 Å². The first kappa shape index (κ1) is 19.8. The van der Waals surface area contributed by atoms with E-state index in [0.717, 1.165) is 21.4 Å². The summed E-state index contributed by atoms with van der Waals surface area (Å²) in [5.41, 5.74) is 1.51. The molecule has 7 heteroatoms. The molecule has 0 saturated heterocycles. The third-order valence-corrected chi connectivity index (χ3v) is 6.77. The fourth-order valence-electron chi connectivity index (χ4n) is 3.65. The molecule has 4 aromatic rings. The molecule has 152 valence electrons. The smallest absolute Gasteiger partial charge is 0.282 e. The van der Waals surface area contributed by atoms with Crippen molar-refractivity contribution in [1.29, 1.82) is 0 Å². The maximum atomic E-state index is 13.5. The number of fused-ring (bicyclic) bond motifs is 1. The molecule has 1 aliphatic heterocycles. The van der Waals surface area contributed by atoms with Crippen LogP contribution in [0.4, 0.5) is 11.4 Å². The number of carbonyl (C=O) groups excluding carboxylic acids is 2. The number of thiophene rings is 1. The average molecular weight is 465 g/mol. The Morgan fingerprint density at radius 1 is 0.806 bits per heavy atom. The molecule has 0 fully saturated rings. The minimum absolute atomic E-state index is 0.155. The fraction of sp³-hybridized carbons (Fsp3) is 0. The number of benzene rings is 3. The van der Waals surface area contributed by atoms with Crippen molar-refractivity contribution in [3.05, 3.63) is 98.8 Å². The van der Waals surface area contributed by atoms with Gasteiger partial charge in [-0.1, -0.05) is 71.7 Å². The van der Waals surface area contributed by atoms with Crippen molar-refractivity contribution in [2.45, 2.75) is 0 Å². The predicted molar refractivity (Wildman–Crippen MR) is 128 cm³/mol. The Balaban J connectivity index is 1.66. The van der Waals surface area contributed by atoms with Crippen LogP contribution in [0, 0.1) is 0 Å².